The third-order valence-electron chi connectivity index (χ3n) is 5.53. The Morgan fingerprint density at radius 3 is 2.38 bits per heavy atom. The molecule has 3 rings (SSSR count). The maximum Gasteiger partial charge on any atom is 0.246 e. The Kier molecular flexibility index (Phi) is 8.34. The van der Waals surface area contributed by atoms with Crippen LogP contribution in [0.25, 0.3) is 6.08 Å². The van der Waals surface area contributed by atoms with Gasteiger partial charge in [-0.3, -0.25) is 14.0 Å². The van der Waals surface area contributed by atoms with Crippen LogP contribution in [0.3, 0.4) is 0 Å². The molecule has 32 heavy (non-hydrogen) atoms. The molecule has 1 fully saturated rings. The van der Waals surface area contributed by atoms with E-state index in [-0.39, 0.29) is 5.91 Å². The molecule has 1 atom stereocenters. The molecule has 0 aliphatic carbocycles. The standard InChI is InChI=1S/C24H30ClN3O3S/c1-3-23(28(32(2,30)31)22-13-7-12-21(25)19-22)24(29)27-17-15-26(16-18-27)14-8-11-20-9-5-4-6-10-20/h4-13,19,23H,3,14-18H2,1-2H3/b11-8+. The first-order valence-corrected chi connectivity index (χ1v) is 13.0. The summed E-state index contributed by atoms with van der Waals surface area (Å²) in [5, 5.41) is 0.427. The molecule has 1 aliphatic rings. The van der Waals surface area contributed by atoms with E-state index in [0.29, 0.717) is 30.2 Å². The van der Waals surface area contributed by atoms with Gasteiger partial charge < -0.3 is 4.90 Å². The fraction of sp³-hybridized carbons (Fsp3) is 0.375. The van der Waals surface area contributed by atoms with Crippen molar-refractivity contribution in [3.05, 3.63) is 71.3 Å². The molecule has 0 N–H and O–H groups in total. The van der Waals surface area contributed by atoms with Gasteiger partial charge in [-0.2, -0.15) is 0 Å². The lowest BCUT2D eigenvalue weighted by Crippen LogP contribution is -2.55. The zero-order valence-electron chi connectivity index (χ0n) is 18.5. The summed E-state index contributed by atoms with van der Waals surface area (Å²) in [6.07, 6.45) is 5.73. The summed E-state index contributed by atoms with van der Waals surface area (Å²) >= 11 is 6.08. The van der Waals surface area contributed by atoms with Gasteiger partial charge in [-0.1, -0.05) is 67.1 Å². The minimum Gasteiger partial charge on any atom is -0.338 e. The van der Waals surface area contributed by atoms with Crippen LogP contribution in [0, 0.1) is 0 Å². The van der Waals surface area contributed by atoms with Crippen LogP contribution in [0.4, 0.5) is 5.69 Å². The highest BCUT2D eigenvalue weighted by molar-refractivity contribution is 7.92. The molecule has 1 aliphatic heterocycles. The predicted molar refractivity (Wildman–Crippen MR) is 131 cm³/mol. The molecule has 8 heteroatoms. The zero-order chi connectivity index (χ0) is 23.1. The van der Waals surface area contributed by atoms with E-state index < -0.39 is 16.1 Å². The Hall–Kier alpha value is -2.35. The lowest BCUT2D eigenvalue weighted by molar-refractivity contribution is -0.134. The molecule has 2 aromatic carbocycles. The van der Waals surface area contributed by atoms with Crippen LogP contribution in [-0.4, -0.2) is 69.1 Å². The van der Waals surface area contributed by atoms with Crippen LogP contribution in [-0.2, 0) is 14.8 Å². The van der Waals surface area contributed by atoms with E-state index in [1.165, 1.54) is 4.31 Å². The number of hydrogen-bond donors (Lipinski definition) is 0. The number of carbonyl (C=O) groups is 1. The highest BCUT2D eigenvalue weighted by Crippen LogP contribution is 2.26. The van der Waals surface area contributed by atoms with Gasteiger partial charge in [-0.05, 0) is 30.2 Å². The van der Waals surface area contributed by atoms with Crippen molar-refractivity contribution in [2.45, 2.75) is 19.4 Å². The van der Waals surface area contributed by atoms with Crippen molar-refractivity contribution in [3.63, 3.8) is 0 Å². The molecule has 1 heterocycles. The predicted octanol–water partition coefficient (Wildman–Crippen LogP) is 3.74. The fourth-order valence-electron chi connectivity index (χ4n) is 3.92. The second-order valence-corrected chi connectivity index (χ2v) is 10.2. The van der Waals surface area contributed by atoms with Crippen molar-refractivity contribution in [2.75, 3.05) is 43.3 Å². The molecule has 1 amide bonds. The summed E-state index contributed by atoms with van der Waals surface area (Å²) in [5.74, 6) is -0.169. The molecule has 172 valence electrons. The summed E-state index contributed by atoms with van der Waals surface area (Å²) in [5.41, 5.74) is 1.57. The Balaban J connectivity index is 1.64. The highest BCUT2D eigenvalue weighted by Gasteiger charge is 2.35. The average Bonchev–Trinajstić information content (AvgIpc) is 2.77. The normalized spacial score (nSPS) is 16.3. The third kappa shape index (κ3) is 6.34. The molecule has 0 spiro atoms. The van der Waals surface area contributed by atoms with Crippen LogP contribution in [0.15, 0.2) is 60.7 Å². The Morgan fingerprint density at radius 1 is 1.09 bits per heavy atom. The van der Waals surface area contributed by atoms with E-state index in [0.717, 1.165) is 31.5 Å². The van der Waals surface area contributed by atoms with Gasteiger partial charge in [0.15, 0.2) is 0 Å². The zero-order valence-corrected chi connectivity index (χ0v) is 20.1. The third-order valence-corrected chi connectivity index (χ3v) is 6.95. The Labute approximate surface area is 196 Å². The van der Waals surface area contributed by atoms with E-state index in [1.807, 2.05) is 25.1 Å². The highest BCUT2D eigenvalue weighted by atomic mass is 35.5. The number of halogens is 1. The van der Waals surface area contributed by atoms with Gasteiger partial charge in [-0.15, -0.1) is 0 Å². The number of piperazine rings is 1. The molecule has 0 saturated carbocycles. The van der Waals surface area contributed by atoms with Crippen LogP contribution >= 0.6 is 11.6 Å². The van der Waals surface area contributed by atoms with E-state index in [9.17, 15) is 13.2 Å². The Bertz CT molecular complexity index is 1040. The number of sulfonamides is 1. The topological polar surface area (TPSA) is 60.9 Å². The molecule has 6 nitrogen and oxygen atoms in total. The molecule has 1 saturated heterocycles. The molecule has 0 radical (unpaired) electrons. The van der Waals surface area contributed by atoms with Crippen molar-refractivity contribution in [2.24, 2.45) is 0 Å². The molecular weight excluding hydrogens is 446 g/mol. The number of amides is 1. The first-order chi connectivity index (χ1) is 15.3. The van der Waals surface area contributed by atoms with Gasteiger partial charge in [0.1, 0.15) is 6.04 Å². The number of rotatable bonds is 8. The second-order valence-electron chi connectivity index (χ2n) is 7.90. The maximum atomic E-state index is 13.3. The van der Waals surface area contributed by atoms with Crippen molar-refractivity contribution in [1.82, 2.24) is 9.80 Å². The number of hydrogen-bond acceptors (Lipinski definition) is 4. The van der Waals surface area contributed by atoms with Gasteiger partial charge >= 0.3 is 0 Å². The maximum absolute atomic E-state index is 13.3. The minimum atomic E-state index is -3.67. The molecule has 2 aromatic rings. The van der Waals surface area contributed by atoms with Crippen molar-refractivity contribution in [1.29, 1.82) is 0 Å². The monoisotopic (exact) mass is 475 g/mol. The first-order valence-electron chi connectivity index (χ1n) is 10.8. The molecule has 0 bridgehead atoms. The first kappa shape index (κ1) is 24.3. The number of anilines is 1. The Morgan fingerprint density at radius 2 is 1.78 bits per heavy atom. The SMILES string of the molecule is CCC(C(=O)N1CCN(C/C=C/c2ccccc2)CC1)N(c1cccc(Cl)c1)S(C)(=O)=O. The molecule has 0 aromatic heterocycles. The van der Waals surface area contributed by atoms with Gasteiger partial charge in [0.2, 0.25) is 15.9 Å². The lowest BCUT2D eigenvalue weighted by atomic mass is 10.1. The quantitative estimate of drug-likeness (QED) is 0.583. The summed E-state index contributed by atoms with van der Waals surface area (Å²) in [4.78, 5) is 17.4. The van der Waals surface area contributed by atoms with Crippen LogP contribution in [0.2, 0.25) is 5.02 Å². The largest absolute Gasteiger partial charge is 0.338 e. The van der Waals surface area contributed by atoms with Crippen LogP contribution in [0.1, 0.15) is 18.9 Å². The number of benzene rings is 2. The van der Waals surface area contributed by atoms with E-state index >= 15 is 0 Å². The fourth-order valence-corrected chi connectivity index (χ4v) is 5.30. The summed E-state index contributed by atoms with van der Waals surface area (Å²) < 4.78 is 26.4. The van der Waals surface area contributed by atoms with E-state index in [2.05, 4.69) is 29.2 Å². The van der Waals surface area contributed by atoms with Crippen molar-refractivity contribution in [3.8, 4) is 0 Å². The van der Waals surface area contributed by atoms with Crippen molar-refractivity contribution < 1.29 is 13.2 Å². The van der Waals surface area contributed by atoms with Crippen molar-refractivity contribution >= 4 is 39.3 Å². The van der Waals surface area contributed by atoms with Crippen LogP contribution in [0.5, 0.6) is 0 Å². The summed E-state index contributed by atoms with van der Waals surface area (Å²) in [7, 11) is -3.67. The second kappa shape index (κ2) is 11.0. The van der Waals surface area contributed by atoms with E-state index in [4.69, 9.17) is 11.6 Å². The molecular formula is C24H30ClN3O3S. The number of nitrogens with zero attached hydrogens (tertiary/aromatic N) is 3. The number of carbonyl (C=O) groups excluding carboxylic acids is 1. The molecule has 1 unspecified atom stereocenters. The smallest absolute Gasteiger partial charge is 0.246 e. The van der Waals surface area contributed by atoms with Gasteiger partial charge in [0.05, 0.1) is 11.9 Å². The minimum absolute atomic E-state index is 0.169. The summed E-state index contributed by atoms with van der Waals surface area (Å²) in [6, 6.07) is 16.0. The van der Waals surface area contributed by atoms with Crippen LogP contribution < -0.4 is 4.31 Å². The van der Waals surface area contributed by atoms with Gasteiger partial charge in [0.25, 0.3) is 0 Å². The summed E-state index contributed by atoms with van der Waals surface area (Å²) in [6.45, 7) is 5.28. The van der Waals surface area contributed by atoms with Gasteiger partial charge in [0, 0.05) is 37.7 Å². The lowest BCUT2D eigenvalue weighted by Gasteiger charge is -2.38. The van der Waals surface area contributed by atoms with E-state index in [1.54, 1.807) is 29.2 Å². The average molecular weight is 476 g/mol. The van der Waals surface area contributed by atoms with Gasteiger partial charge in [-0.25, -0.2) is 8.42 Å².